The average Bonchev–Trinajstić information content (AvgIpc) is 2.30. The summed E-state index contributed by atoms with van der Waals surface area (Å²) in [5.41, 5.74) is 0.255. The summed E-state index contributed by atoms with van der Waals surface area (Å²) in [6, 6.07) is 1.57. The van der Waals surface area contributed by atoms with E-state index in [-0.39, 0.29) is 5.54 Å². The van der Waals surface area contributed by atoms with Gasteiger partial charge in [-0.25, -0.2) is 0 Å². The third kappa shape index (κ3) is 5.43. The van der Waals surface area contributed by atoms with E-state index in [1.165, 1.54) is 45.2 Å². The van der Waals surface area contributed by atoms with Gasteiger partial charge >= 0.3 is 0 Å². The van der Waals surface area contributed by atoms with E-state index in [4.69, 9.17) is 0 Å². The summed E-state index contributed by atoms with van der Waals surface area (Å²) >= 11 is 0. The molecule has 0 aliphatic heterocycles. The second kappa shape index (κ2) is 7.64. The molecule has 0 aromatic carbocycles. The van der Waals surface area contributed by atoms with Crippen LogP contribution < -0.4 is 5.32 Å². The SMILES string of the molecule is CCCCN(C(C)CC)C1CCC1CNC(C)(C)C. The van der Waals surface area contributed by atoms with Crippen LogP contribution >= 0.6 is 0 Å². The predicted molar refractivity (Wildman–Crippen MR) is 85.6 cm³/mol. The molecule has 114 valence electrons. The van der Waals surface area contributed by atoms with Crippen LogP contribution in [-0.2, 0) is 0 Å². The van der Waals surface area contributed by atoms with Gasteiger partial charge in [-0.15, -0.1) is 0 Å². The van der Waals surface area contributed by atoms with Gasteiger partial charge in [-0.1, -0.05) is 20.3 Å². The second-order valence-electron chi connectivity index (χ2n) is 7.38. The first-order chi connectivity index (χ1) is 8.89. The lowest BCUT2D eigenvalue weighted by Crippen LogP contribution is -2.55. The van der Waals surface area contributed by atoms with Crippen molar-refractivity contribution in [2.24, 2.45) is 5.92 Å². The molecule has 0 aromatic heterocycles. The van der Waals surface area contributed by atoms with Crippen molar-refractivity contribution in [3.05, 3.63) is 0 Å². The summed E-state index contributed by atoms with van der Waals surface area (Å²) in [6.07, 6.45) is 6.75. The fourth-order valence-electron chi connectivity index (χ4n) is 2.95. The van der Waals surface area contributed by atoms with Crippen LogP contribution in [0.1, 0.15) is 73.6 Å². The summed E-state index contributed by atoms with van der Waals surface area (Å²) in [4.78, 5) is 2.79. The number of hydrogen-bond donors (Lipinski definition) is 1. The van der Waals surface area contributed by atoms with E-state index in [0.717, 1.165) is 18.0 Å². The summed E-state index contributed by atoms with van der Waals surface area (Å²) in [5, 5.41) is 3.70. The molecule has 3 unspecified atom stereocenters. The molecule has 0 bridgehead atoms. The Morgan fingerprint density at radius 3 is 2.32 bits per heavy atom. The van der Waals surface area contributed by atoms with E-state index in [1.807, 2.05) is 0 Å². The molecule has 0 aromatic rings. The average molecular weight is 268 g/mol. The Morgan fingerprint density at radius 2 is 1.89 bits per heavy atom. The molecule has 0 heterocycles. The summed E-state index contributed by atoms with van der Waals surface area (Å²) in [5.74, 6) is 0.866. The zero-order valence-electron chi connectivity index (χ0n) is 14.1. The molecule has 1 aliphatic carbocycles. The highest BCUT2D eigenvalue weighted by molar-refractivity contribution is 4.92. The topological polar surface area (TPSA) is 15.3 Å². The summed E-state index contributed by atoms with van der Waals surface area (Å²) in [7, 11) is 0. The minimum absolute atomic E-state index is 0.255. The quantitative estimate of drug-likeness (QED) is 0.714. The molecule has 1 rings (SSSR count). The van der Waals surface area contributed by atoms with E-state index >= 15 is 0 Å². The second-order valence-corrected chi connectivity index (χ2v) is 7.38. The lowest BCUT2D eigenvalue weighted by atomic mass is 9.77. The van der Waals surface area contributed by atoms with Gasteiger partial charge in [0, 0.05) is 17.6 Å². The van der Waals surface area contributed by atoms with Crippen LogP contribution in [0.5, 0.6) is 0 Å². The lowest BCUT2D eigenvalue weighted by Gasteiger charge is -2.48. The minimum atomic E-state index is 0.255. The molecule has 3 atom stereocenters. The molecule has 0 spiro atoms. The number of hydrogen-bond acceptors (Lipinski definition) is 2. The zero-order valence-corrected chi connectivity index (χ0v) is 14.1. The Bertz CT molecular complexity index is 244. The molecule has 1 aliphatic rings. The molecule has 2 nitrogen and oxygen atoms in total. The van der Waals surface area contributed by atoms with Crippen molar-refractivity contribution in [2.45, 2.75) is 91.3 Å². The zero-order chi connectivity index (χ0) is 14.5. The van der Waals surface area contributed by atoms with Crippen molar-refractivity contribution >= 4 is 0 Å². The van der Waals surface area contributed by atoms with E-state index in [9.17, 15) is 0 Å². The molecule has 1 fully saturated rings. The van der Waals surface area contributed by atoms with Gasteiger partial charge in [0.2, 0.25) is 0 Å². The third-order valence-corrected chi connectivity index (χ3v) is 4.62. The van der Waals surface area contributed by atoms with Crippen LogP contribution in [-0.4, -0.2) is 35.6 Å². The number of nitrogens with zero attached hydrogens (tertiary/aromatic N) is 1. The van der Waals surface area contributed by atoms with Gasteiger partial charge in [-0.3, -0.25) is 4.90 Å². The van der Waals surface area contributed by atoms with Crippen LogP contribution in [0.3, 0.4) is 0 Å². The van der Waals surface area contributed by atoms with E-state index in [0.29, 0.717) is 0 Å². The van der Waals surface area contributed by atoms with Crippen LogP contribution in [0.4, 0.5) is 0 Å². The standard InChI is InChI=1S/C17H36N2/c1-7-9-12-19(14(3)8-2)16-11-10-15(16)13-18-17(4,5)6/h14-16,18H,7-13H2,1-6H3. The molecule has 0 radical (unpaired) electrons. The van der Waals surface area contributed by atoms with Crippen molar-refractivity contribution in [1.29, 1.82) is 0 Å². The van der Waals surface area contributed by atoms with Crippen LogP contribution in [0.25, 0.3) is 0 Å². The smallest absolute Gasteiger partial charge is 0.0139 e. The first kappa shape index (κ1) is 17.0. The monoisotopic (exact) mass is 268 g/mol. The molecule has 2 heteroatoms. The van der Waals surface area contributed by atoms with Gasteiger partial charge in [0.15, 0.2) is 0 Å². The fourth-order valence-corrected chi connectivity index (χ4v) is 2.95. The van der Waals surface area contributed by atoms with E-state index in [2.05, 4.69) is 51.8 Å². The Labute approximate surface area is 121 Å². The van der Waals surface area contributed by atoms with Gasteiger partial charge in [-0.05, 0) is 72.4 Å². The summed E-state index contributed by atoms with van der Waals surface area (Å²) in [6.45, 7) is 16.3. The highest BCUT2D eigenvalue weighted by atomic mass is 15.2. The molecular weight excluding hydrogens is 232 g/mol. The highest BCUT2D eigenvalue weighted by Crippen LogP contribution is 2.34. The largest absolute Gasteiger partial charge is 0.312 e. The molecule has 0 amide bonds. The highest BCUT2D eigenvalue weighted by Gasteiger charge is 2.36. The van der Waals surface area contributed by atoms with Crippen LogP contribution in [0.2, 0.25) is 0 Å². The van der Waals surface area contributed by atoms with Gasteiger partial charge in [-0.2, -0.15) is 0 Å². The van der Waals surface area contributed by atoms with Gasteiger partial charge in [0.05, 0.1) is 0 Å². The Balaban J connectivity index is 2.49. The van der Waals surface area contributed by atoms with Gasteiger partial charge in [0.25, 0.3) is 0 Å². The maximum Gasteiger partial charge on any atom is 0.0139 e. The predicted octanol–water partition coefficient (Wildman–Crippen LogP) is 4.05. The van der Waals surface area contributed by atoms with Gasteiger partial charge in [0.1, 0.15) is 0 Å². The molecule has 0 saturated heterocycles. The fraction of sp³-hybridized carbons (Fsp3) is 1.00. The van der Waals surface area contributed by atoms with Gasteiger partial charge < -0.3 is 5.32 Å². The van der Waals surface area contributed by atoms with E-state index < -0.39 is 0 Å². The number of nitrogens with one attached hydrogen (secondary N) is 1. The minimum Gasteiger partial charge on any atom is -0.312 e. The first-order valence-electron chi connectivity index (χ1n) is 8.39. The normalized spacial score (nSPS) is 25.4. The van der Waals surface area contributed by atoms with Crippen LogP contribution in [0, 0.1) is 5.92 Å². The maximum absolute atomic E-state index is 3.70. The molecular formula is C17H36N2. The molecule has 19 heavy (non-hydrogen) atoms. The van der Waals surface area contributed by atoms with Crippen molar-refractivity contribution in [2.75, 3.05) is 13.1 Å². The Hall–Kier alpha value is -0.0800. The third-order valence-electron chi connectivity index (χ3n) is 4.62. The first-order valence-corrected chi connectivity index (χ1v) is 8.39. The number of rotatable bonds is 8. The van der Waals surface area contributed by atoms with Crippen molar-refractivity contribution in [3.63, 3.8) is 0 Å². The Morgan fingerprint density at radius 1 is 1.21 bits per heavy atom. The van der Waals surface area contributed by atoms with E-state index in [1.54, 1.807) is 0 Å². The number of unbranched alkanes of at least 4 members (excludes halogenated alkanes) is 1. The Kier molecular flexibility index (Phi) is 6.82. The van der Waals surface area contributed by atoms with Crippen LogP contribution in [0.15, 0.2) is 0 Å². The maximum atomic E-state index is 3.70. The molecule has 1 saturated carbocycles. The van der Waals surface area contributed by atoms with Crippen molar-refractivity contribution in [3.8, 4) is 0 Å². The summed E-state index contributed by atoms with van der Waals surface area (Å²) < 4.78 is 0. The van der Waals surface area contributed by atoms with Crippen molar-refractivity contribution in [1.82, 2.24) is 10.2 Å². The lowest BCUT2D eigenvalue weighted by molar-refractivity contribution is 0.0275. The van der Waals surface area contributed by atoms with Crippen molar-refractivity contribution < 1.29 is 0 Å². The molecule has 1 N–H and O–H groups in total.